The van der Waals surface area contributed by atoms with Gasteiger partial charge < -0.3 is 20.5 Å². The molecule has 0 aliphatic carbocycles. The van der Waals surface area contributed by atoms with Gasteiger partial charge in [-0.25, -0.2) is 0 Å². The number of hydrogen-bond acceptors (Lipinski definition) is 4. The van der Waals surface area contributed by atoms with Gasteiger partial charge in [-0.3, -0.25) is 4.79 Å². The lowest BCUT2D eigenvalue weighted by Gasteiger charge is -2.25. The SMILES string of the molecule is CCCC(C)(N)C(=O)NC(C)COC1CCOC1.Cl. The van der Waals surface area contributed by atoms with Crippen LogP contribution in [0.4, 0.5) is 0 Å². The van der Waals surface area contributed by atoms with Crippen molar-refractivity contribution >= 4 is 18.3 Å². The van der Waals surface area contributed by atoms with Crippen LogP contribution in [0.1, 0.15) is 40.0 Å². The lowest BCUT2D eigenvalue weighted by atomic mass is 9.96. The molecule has 114 valence electrons. The van der Waals surface area contributed by atoms with Gasteiger partial charge in [-0.2, -0.15) is 0 Å². The molecule has 0 aromatic rings. The van der Waals surface area contributed by atoms with Crippen LogP contribution >= 0.6 is 12.4 Å². The predicted octanol–water partition coefficient (Wildman–Crippen LogP) is 1.24. The van der Waals surface area contributed by atoms with Crippen molar-refractivity contribution in [3.8, 4) is 0 Å². The molecule has 0 spiro atoms. The molecule has 6 heteroatoms. The first-order chi connectivity index (χ1) is 8.45. The van der Waals surface area contributed by atoms with Crippen molar-refractivity contribution in [2.75, 3.05) is 19.8 Å². The maximum absolute atomic E-state index is 11.9. The lowest BCUT2D eigenvalue weighted by molar-refractivity contribution is -0.127. The molecule has 0 bridgehead atoms. The van der Waals surface area contributed by atoms with Crippen molar-refractivity contribution in [3.05, 3.63) is 0 Å². The Morgan fingerprint density at radius 2 is 2.32 bits per heavy atom. The summed E-state index contributed by atoms with van der Waals surface area (Å²) in [4.78, 5) is 11.9. The van der Waals surface area contributed by atoms with Crippen molar-refractivity contribution in [2.24, 2.45) is 5.73 Å². The molecule has 1 rings (SSSR count). The predicted molar refractivity (Wildman–Crippen MR) is 77.5 cm³/mol. The van der Waals surface area contributed by atoms with Crippen molar-refractivity contribution in [3.63, 3.8) is 0 Å². The number of nitrogens with two attached hydrogens (primary N) is 1. The topological polar surface area (TPSA) is 73.6 Å². The van der Waals surface area contributed by atoms with Gasteiger partial charge in [0, 0.05) is 12.6 Å². The Kier molecular flexibility index (Phi) is 8.57. The van der Waals surface area contributed by atoms with Crippen LogP contribution in [0.3, 0.4) is 0 Å². The van der Waals surface area contributed by atoms with E-state index in [0.717, 1.165) is 19.4 Å². The molecular formula is C13H27ClN2O3. The van der Waals surface area contributed by atoms with Gasteiger partial charge >= 0.3 is 0 Å². The largest absolute Gasteiger partial charge is 0.379 e. The molecule has 1 saturated heterocycles. The number of ether oxygens (including phenoxy) is 2. The van der Waals surface area contributed by atoms with E-state index in [4.69, 9.17) is 15.2 Å². The molecule has 19 heavy (non-hydrogen) atoms. The molecule has 5 nitrogen and oxygen atoms in total. The number of amides is 1. The van der Waals surface area contributed by atoms with E-state index in [2.05, 4.69) is 5.32 Å². The molecule has 0 radical (unpaired) electrons. The van der Waals surface area contributed by atoms with Gasteiger partial charge in [0.1, 0.15) is 0 Å². The van der Waals surface area contributed by atoms with Crippen LogP contribution < -0.4 is 11.1 Å². The zero-order valence-corrected chi connectivity index (χ0v) is 12.9. The summed E-state index contributed by atoms with van der Waals surface area (Å²) in [7, 11) is 0. The van der Waals surface area contributed by atoms with Crippen LogP contribution in [-0.4, -0.2) is 43.4 Å². The molecule has 0 aromatic heterocycles. The summed E-state index contributed by atoms with van der Waals surface area (Å²) in [6, 6.07) is -0.0298. The summed E-state index contributed by atoms with van der Waals surface area (Å²) in [5.41, 5.74) is 5.17. The third-order valence-electron chi connectivity index (χ3n) is 3.14. The highest BCUT2D eigenvalue weighted by Gasteiger charge is 2.28. The molecule has 1 amide bonds. The quantitative estimate of drug-likeness (QED) is 0.741. The molecule has 1 aliphatic rings. The number of nitrogens with one attached hydrogen (secondary N) is 1. The summed E-state index contributed by atoms with van der Waals surface area (Å²) in [6.07, 6.45) is 2.68. The van der Waals surface area contributed by atoms with E-state index in [1.807, 2.05) is 13.8 Å². The van der Waals surface area contributed by atoms with E-state index in [-0.39, 0.29) is 30.5 Å². The van der Waals surface area contributed by atoms with Crippen LogP contribution in [0, 0.1) is 0 Å². The van der Waals surface area contributed by atoms with Crippen molar-refractivity contribution in [1.29, 1.82) is 0 Å². The Morgan fingerprint density at radius 3 is 2.84 bits per heavy atom. The first-order valence-corrected chi connectivity index (χ1v) is 6.75. The number of halogens is 1. The van der Waals surface area contributed by atoms with E-state index in [0.29, 0.717) is 19.6 Å². The van der Waals surface area contributed by atoms with Gasteiger partial charge in [0.2, 0.25) is 5.91 Å². The minimum Gasteiger partial charge on any atom is -0.379 e. The van der Waals surface area contributed by atoms with Gasteiger partial charge in [0.05, 0.1) is 24.9 Å². The first kappa shape index (κ1) is 18.6. The highest BCUT2D eigenvalue weighted by atomic mass is 35.5. The minimum atomic E-state index is -0.792. The molecule has 1 fully saturated rings. The van der Waals surface area contributed by atoms with Gasteiger partial charge in [0.15, 0.2) is 0 Å². The Hall–Kier alpha value is -0.360. The average Bonchev–Trinajstić information content (AvgIpc) is 2.79. The lowest BCUT2D eigenvalue weighted by Crippen LogP contribution is -2.54. The van der Waals surface area contributed by atoms with Crippen molar-refractivity contribution in [2.45, 2.75) is 57.7 Å². The highest BCUT2D eigenvalue weighted by molar-refractivity contribution is 5.85. The number of rotatable bonds is 7. The number of carbonyl (C=O) groups excluding carboxylic acids is 1. The Balaban J connectivity index is 0.00000324. The fraction of sp³-hybridized carbons (Fsp3) is 0.923. The molecule has 3 N–H and O–H groups in total. The molecule has 3 atom stereocenters. The third kappa shape index (κ3) is 6.56. The van der Waals surface area contributed by atoms with Crippen molar-refractivity contribution < 1.29 is 14.3 Å². The Bertz CT molecular complexity index is 269. The van der Waals surface area contributed by atoms with Crippen LogP contribution in [0.5, 0.6) is 0 Å². The average molecular weight is 295 g/mol. The van der Waals surface area contributed by atoms with Gasteiger partial charge in [-0.05, 0) is 26.7 Å². The maximum atomic E-state index is 11.9. The standard InChI is InChI=1S/C13H26N2O3.ClH/c1-4-6-13(3,14)12(16)15-10(2)8-18-11-5-7-17-9-11;/h10-11H,4-9,14H2,1-3H3,(H,15,16);1H. The van der Waals surface area contributed by atoms with Crippen LogP contribution in [-0.2, 0) is 14.3 Å². The fourth-order valence-electron chi connectivity index (χ4n) is 1.99. The zero-order valence-electron chi connectivity index (χ0n) is 12.1. The van der Waals surface area contributed by atoms with Crippen LogP contribution in [0.15, 0.2) is 0 Å². The minimum absolute atomic E-state index is 0. The normalized spacial score (nSPS) is 23.3. The fourth-order valence-corrected chi connectivity index (χ4v) is 1.99. The molecule has 1 aliphatic heterocycles. The molecule has 3 unspecified atom stereocenters. The van der Waals surface area contributed by atoms with E-state index in [1.165, 1.54) is 0 Å². The third-order valence-corrected chi connectivity index (χ3v) is 3.14. The van der Waals surface area contributed by atoms with E-state index in [1.54, 1.807) is 6.92 Å². The number of carbonyl (C=O) groups is 1. The van der Waals surface area contributed by atoms with E-state index < -0.39 is 5.54 Å². The Morgan fingerprint density at radius 1 is 1.63 bits per heavy atom. The van der Waals surface area contributed by atoms with Crippen molar-refractivity contribution in [1.82, 2.24) is 5.32 Å². The monoisotopic (exact) mass is 294 g/mol. The first-order valence-electron chi connectivity index (χ1n) is 6.75. The summed E-state index contributed by atoms with van der Waals surface area (Å²) in [5, 5.41) is 2.90. The second-order valence-electron chi connectivity index (χ2n) is 5.36. The van der Waals surface area contributed by atoms with Crippen LogP contribution in [0.25, 0.3) is 0 Å². The second kappa shape index (κ2) is 8.74. The second-order valence-corrected chi connectivity index (χ2v) is 5.36. The van der Waals surface area contributed by atoms with Crippen LogP contribution in [0.2, 0.25) is 0 Å². The Labute approximate surface area is 122 Å². The molecule has 0 saturated carbocycles. The van der Waals surface area contributed by atoms with Gasteiger partial charge in [-0.15, -0.1) is 12.4 Å². The zero-order chi connectivity index (χ0) is 13.6. The molecule has 0 aromatic carbocycles. The summed E-state index contributed by atoms with van der Waals surface area (Å²) in [6.45, 7) is 7.64. The van der Waals surface area contributed by atoms with E-state index in [9.17, 15) is 4.79 Å². The van der Waals surface area contributed by atoms with Gasteiger partial charge in [-0.1, -0.05) is 13.3 Å². The summed E-state index contributed by atoms with van der Waals surface area (Å²) in [5.74, 6) is -0.108. The maximum Gasteiger partial charge on any atom is 0.240 e. The molecular weight excluding hydrogens is 268 g/mol. The molecule has 1 heterocycles. The van der Waals surface area contributed by atoms with Gasteiger partial charge in [0.25, 0.3) is 0 Å². The smallest absolute Gasteiger partial charge is 0.240 e. The van der Waals surface area contributed by atoms with E-state index >= 15 is 0 Å². The highest BCUT2D eigenvalue weighted by Crippen LogP contribution is 2.10. The summed E-state index contributed by atoms with van der Waals surface area (Å²) < 4.78 is 10.9. The summed E-state index contributed by atoms with van der Waals surface area (Å²) >= 11 is 0. The number of hydrogen-bond donors (Lipinski definition) is 2.